The van der Waals surface area contributed by atoms with Gasteiger partial charge in [0, 0.05) is 34.7 Å². The van der Waals surface area contributed by atoms with Crippen molar-refractivity contribution >= 4 is 45.1 Å². The van der Waals surface area contributed by atoms with E-state index in [-0.39, 0.29) is 6.61 Å². The van der Waals surface area contributed by atoms with E-state index >= 15 is 0 Å². The third kappa shape index (κ3) is 7.26. The lowest BCUT2D eigenvalue weighted by molar-refractivity contribution is 0.311. The molecular weight excluding hydrogens is 452 g/mol. The molecule has 0 unspecified atom stereocenters. The topological polar surface area (TPSA) is 95.9 Å². The summed E-state index contributed by atoms with van der Waals surface area (Å²) in [6.07, 6.45) is 1.66. The molecular formula is C20H25BrN6OS. The highest BCUT2D eigenvalue weighted by atomic mass is 79.9. The number of anilines is 3. The first-order valence-electron chi connectivity index (χ1n) is 9.28. The van der Waals surface area contributed by atoms with E-state index in [9.17, 15) is 0 Å². The molecule has 0 amide bonds. The first-order chi connectivity index (χ1) is 14.0. The summed E-state index contributed by atoms with van der Waals surface area (Å²) in [4.78, 5) is 18.6. The third-order valence-electron chi connectivity index (χ3n) is 3.41. The number of aliphatic hydroxyl groups excluding tert-OH is 1. The fourth-order valence-corrected chi connectivity index (χ4v) is 3.59. The van der Waals surface area contributed by atoms with Crippen LogP contribution in [0.3, 0.4) is 0 Å². The number of hydrogen-bond acceptors (Lipinski definition) is 8. The molecule has 0 aliphatic carbocycles. The fraction of sp³-hybridized carbons (Fsp3) is 0.300. The maximum atomic E-state index is 8.96. The average Bonchev–Trinajstić information content (AvgIpc) is 2.69. The zero-order valence-electron chi connectivity index (χ0n) is 16.9. The molecule has 7 nitrogen and oxygen atoms in total. The summed E-state index contributed by atoms with van der Waals surface area (Å²) in [7, 11) is 0. The van der Waals surface area contributed by atoms with Gasteiger partial charge in [0.25, 0.3) is 0 Å². The maximum absolute atomic E-state index is 8.96. The van der Waals surface area contributed by atoms with Gasteiger partial charge in [0.1, 0.15) is 5.82 Å². The van der Waals surface area contributed by atoms with Gasteiger partial charge in [-0.05, 0) is 65.8 Å². The minimum atomic E-state index is 0.0268. The van der Waals surface area contributed by atoms with Crippen LogP contribution in [0, 0.1) is 13.8 Å². The SMILES string of the molecule is CC.Cc1cc(C)nc(Sc2cccc(Nc3ncc(Br)c(NCCO)n3)c2)n1. The van der Waals surface area contributed by atoms with E-state index in [0.29, 0.717) is 18.3 Å². The Morgan fingerprint density at radius 1 is 1.07 bits per heavy atom. The molecule has 0 saturated carbocycles. The van der Waals surface area contributed by atoms with Crippen LogP contribution < -0.4 is 10.6 Å². The molecule has 0 bridgehead atoms. The van der Waals surface area contributed by atoms with Gasteiger partial charge < -0.3 is 15.7 Å². The summed E-state index contributed by atoms with van der Waals surface area (Å²) >= 11 is 4.90. The van der Waals surface area contributed by atoms with Crippen LogP contribution in [0.25, 0.3) is 0 Å². The van der Waals surface area contributed by atoms with Crippen LogP contribution in [0.15, 0.2) is 51.1 Å². The second-order valence-corrected chi connectivity index (χ2v) is 7.62. The molecule has 3 N–H and O–H groups in total. The van der Waals surface area contributed by atoms with Gasteiger partial charge in [0.05, 0.1) is 11.1 Å². The first-order valence-corrected chi connectivity index (χ1v) is 10.9. The Hall–Kier alpha value is -2.23. The summed E-state index contributed by atoms with van der Waals surface area (Å²) in [5.41, 5.74) is 2.76. The second kappa shape index (κ2) is 11.7. The highest BCUT2D eigenvalue weighted by Crippen LogP contribution is 2.28. The predicted octanol–water partition coefficient (Wildman–Crippen LogP) is 4.97. The maximum Gasteiger partial charge on any atom is 0.229 e. The fourth-order valence-electron chi connectivity index (χ4n) is 2.34. The van der Waals surface area contributed by atoms with E-state index < -0.39 is 0 Å². The lowest BCUT2D eigenvalue weighted by atomic mass is 10.3. The summed E-state index contributed by atoms with van der Waals surface area (Å²) in [6, 6.07) is 9.86. The number of aryl methyl sites for hydroxylation is 2. The molecule has 0 fully saturated rings. The molecule has 9 heteroatoms. The molecule has 2 aromatic heterocycles. The molecule has 0 aliphatic heterocycles. The Morgan fingerprint density at radius 3 is 2.48 bits per heavy atom. The van der Waals surface area contributed by atoms with Crippen LogP contribution in [-0.4, -0.2) is 38.2 Å². The molecule has 0 saturated heterocycles. The molecule has 1 aromatic carbocycles. The van der Waals surface area contributed by atoms with E-state index in [1.165, 1.54) is 11.8 Å². The molecule has 154 valence electrons. The summed E-state index contributed by atoms with van der Waals surface area (Å²) < 4.78 is 0.734. The van der Waals surface area contributed by atoms with Gasteiger partial charge in [0.15, 0.2) is 5.16 Å². The number of halogens is 1. The average molecular weight is 477 g/mol. The van der Waals surface area contributed by atoms with Crippen LogP contribution in [-0.2, 0) is 0 Å². The van der Waals surface area contributed by atoms with Gasteiger partial charge in [-0.2, -0.15) is 4.98 Å². The van der Waals surface area contributed by atoms with E-state index in [4.69, 9.17) is 5.11 Å². The number of hydrogen-bond donors (Lipinski definition) is 3. The van der Waals surface area contributed by atoms with Crippen molar-refractivity contribution < 1.29 is 5.11 Å². The lowest BCUT2D eigenvalue weighted by Gasteiger charge is -2.10. The molecule has 0 spiro atoms. The first kappa shape index (κ1) is 23.1. The molecule has 0 radical (unpaired) electrons. The molecule has 29 heavy (non-hydrogen) atoms. The molecule has 2 heterocycles. The molecule has 0 aliphatic rings. The number of nitrogens with zero attached hydrogens (tertiary/aromatic N) is 4. The van der Waals surface area contributed by atoms with Gasteiger partial charge >= 0.3 is 0 Å². The normalized spacial score (nSPS) is 10.1. The van der Waals surface area contributed by atoms with Crippen molar-refractivity contribution in [1.82, 2.24) is 19.9 Å². The van der Waals surface area contributed by atoms with Crippen molar-refractivity contribution in [2.24, 2.45) is 0 Å². The van der Waals surface area contributed by atoms with Gasteiger partial charge in [-0.25, -0.2) is 15.0 Å². The van der Waals surface area contributed by atoms with Crippen molar-refractivity contribution in [2.75, 3.05) is 23.8 Å². The van der Waals surface area contributed by atoms with Crippen LogP contribution in [0.4, 0.5) is 17.5 Å². The highest BCUT2D eigenvalue weighted by molar-refractivity contribution is 9.10. The van der Waals surface area contributed by atoms with E-state index in [1.54, 1.807) is 6.20 Å². The quantitative estimate of drug-likeness (QED) is 0.411. The Morgan fingerprint density at radius 2 is 1.79 bits per heavy atom. The van der Waals surface area contributed by atoms with Gasteiger partial charge in [0.2, 0.25) is 5.95 Å². The second-order valence-electron chi connectivity index (χ2n) is 5.73. The standard InChI is InChI=1S/C18H19BrN6OS.C2H6/c1-11-8-12(2)23-18(22-11)27-14-5-3-4-13(9-14)24-17-21-10-15(19)16(25-17)20-6-7-26;1-2/h3-5,8-10,26H,6-7H2,1-2H3,(H2,20,21,24,25);1-2H3. The Balaban J connectivity index is 0.00000145. The number of benzene rings is 1. The number of aliphatic hydroxyl groups is 1. The largest absolute Gasteiger partial charge is 0.395 e. The summed E-state index contributed by atoms with van der Waals surface area (Å²) in [5, 5.41) is 15.9. The molecule has 3 aromatic rings. The zero-order chi connectivity index (χ0) is 21.2. The third-order valence-corrected chi connectivity index (χ3v) is 4.84. The Bertz CT molecular complexity index is 920. The number of aromatic nitrogens is 4. The van der Waals surface area contributed by atoms with Gasteiger partial charge in [-0.1, -0.05) is 19.9 Å². The monoisotopic (exact) mass is 476 g/mol. The Labute approximate surface area is 184 Å². The van der Waals surface area contributed by atoms with Crippen LogP contribution in [0.1, 0.15) is 25.2 Å². The van der Waals surface area contributed by atoms with E-state index in [0.717, 1.165) is 31.6 Å². The van der Waals surface area contributed by atoms with Crippen molar-refractivity contribution in [3.05, 3.63) is 52.4 Å². The number of nitrogens with one attached hydrogen (secondary N) is 2. The van der Waals surface area contributed by atoms with Crippen molar-refractivity contribution in [2.45, 2.75) is 37.7 Å². The molecule has 3 rings (SSSR count). The number of rotatable bonds is 7. The zero-order valence-corrected chi connectivity index (χ0v) is 19.3. The predicted molar refractivity (Wildman–Crippen MR) is 122 cm³/mol. The highest BCUT2D eigenvalue weighted by Gasteiger charge is 2.07. The van der Waals surface area contributed by atoms with Crippen molar-refractivity contribution in [1.29, 1.82) is 0 Å². The van der Waals surface area contributed by atoms with Crippen molar-refractivity contribution in [3.63, 3.8) is 0 Å². The van der Waals surface area contributed by atoms with Gasteiger partial charge in [-0.3, -0.25) is 0 Å². The van der Waals surface area contributed by atoms with Crippen LogP contribution in [0.5, 0.6) is 0 Å². The minimum Gasteiger partial charge on any atom is -0.395 e. The van der Waals surface area contributed by atoms with Crippen LogP contribution in [0.2, 0.25) is 0 Å². The van der Waals surface area contributed by atoms with E-state index in [1.807, 2.05) is 58.0 Å². The van der Waals surface area contributed by atoms with Crippen molar-refractivity contribution in [3.8, 4) is 0 Å². The van der Waals surface area contributed by atoms with Gasteiger partial charge in [-0.15, -0.1) is 0 Å². The smallest absolute Gasteiger partial charge is 0.229 e. The lowest BCUT2D eigenvalue weighted by Crippen LogP contribution is -2.09. The molecule has 0 atom stereocenters. The van der Waals surface area contributed by atoms with E-state index in [2.05, 4.69) is 46.5 Å². The minimum absolute atomic E-state index is 0.0268. The summed E-state index contributed by atoms with van der Waals surface area (Å²) in [5.74, 6) is 1.08. The van der Waals surface area contributed by atoms with Crippen LogP contribution >= 0.6 is 27.7 Å². The summed E-state index contributed by atoms with van der Waals surface area (Å²) in [6.45, 7) is 8.37. The Kier molecular flexibility index (Phi) is 9.30.